The molecule has 1 atom stereocenters. The van der Waals surface area contributed by atoms with E-state index in [1.54, 1.807) is 38.1 Å². The Morgan fingerprint density at radius 3 is 2.08 bits per heavy atom. The average Bonchev–Trinajstić information content (AvgIpc) is 2.85. The number of hydrogen-bond acceptors (Lipinski definition) is 4. The van der Waals surface area contributed by atoms with Gasteiger partial charge < -0.3 is 15.0 Å². The maximum Gasteiger partial charge on any atom is 0.210 e. The molecule has 0 aliphatic carbocycles. The van der Waals surface area contributed by atoms with Gasteiger partial charge in [0.25, 0.3) is 0 Å². The number of hydrogen-bond donors (Lipinski definition) is 2. The van der Waals surface area contributed by atoms with Crippen molar-refractivity contribution < 1.29 is 18.3 Å². The van der Waals surface area contributed by atoms with E-state index in [0.717, 1.165) is 22.3 Å². The fourth-order valence-electron chi connectivity index (χ4n) is 2.92. The number of benzene rings is 2. The summed E-state index contributed by atoms with van der Waals surface area (Å²) in [4.78, 5) is 12.9. The quantitative estimate of drug-likeness (QED) is 0.788. The van der Waals surface area contributed by atoms with Gasteiger partial charge >= 0.3 is 0 Å². The summed E-state index contributed by atoms with van der Waals surface area (Å²) < 4.78 is 25.9. The lowest BCUT2D eigenvalue weighted by molar-refractivity contribution is -0.125. The molecule has 5 nitrogen and oxygen atoms in total. The normalized spacial score (nSPS) is 17.3. The summed E-state index contributed by atoms with van der Waals surface area (Å²) in [6, 6.07) is 14.7. The van der Waals surface area contributed by atoms with E-state index in [-0.39, 0.29) is 11.5 Å². The number of carbonyl (C=O) groups is 1. The highest BCUT2D eigenvalue weighted by Gasteiger charge is 2.42. The number of ether oxygens (including phenoxy) is 1. The second kappa shape index (κ2) is 7.15. The molecule has 2 aromatic carbocycles. The van der Waals surface area contributed by atoms with Crippen LogP contribution in [0.15, 0.2) is 48.5 Å². The first-order chi connectivity index (χ1) is 12.3. The van der Waals surface area contributed by atoms with Crippen molar-refractivity contribution in [1.82, 2.24) is 0 Å². The fraction of sp³-hybridized carbons (Fsp3) is 0.250. The van der Waals surface area contributed by atoms with Gasteiger partial charge in [-0.3, -0.25) is 4.79 Å². The molecule has 3 rings (SSSR count). The predicted octanol–water partition coefficient (Wildman–Crippen LogP) is 3.11. The lowest BCUT2D eigenvalue weighted by atomic mass is 9.92. The summed E-state index contributed by atoms with van der Waals surface area (Å²) in [5.74, 6) is 0.517. The van der Waals surface area contributed by atoms with Gasteiger partial charge in [-0.05, 0) is 30.5 Å². The molecule has 0 saturated heterocycles. The Hall–Kier alpha value is -2.28. The van der Waals surface area contributed by atoms with E-state index in [1.807, 2.05) is 24.3 Å². The van der Waals surface area contributed by atoms with Crippen LogP contribution in [0.25, 0.3) is 11.3 Å². The summed E-state index contributed by atoms with van der Waals surface area (Å²) in [7, 11) is 0. The number of Topliss-reactive ketones (excluding diaryl/α,β-unsaturated/α-hetero) is 1. The van der Waals surface area contributed by atoms with Crippen LogP contribution in [0.5, 0.6) is 0 Å². The van der Waals surface area contributed by atoms with Gasteiger partial charge in [-0.1, -0.05) is 48.5 Å². The number of rotatable bonds is 5. The van der Waals surface area contributed by atoms with Gasteiger partial charge in [0, 0.05) is 12.1 Å². The molecule has 0 aromatic heterocycles. The molecule has 26 heavy (non-hydrogen) atoms. The van der Waals surface area contributed by atoms with Crippen molar-refractivity contribution in [2.24, 2.45) is 5.73 Å². The Bertz CT molecular complexity index is 883. The molecule has 2 aromatic rings. The Morgan fingerprint density at radius 2 is 1.54 bits per heavy atom. The molecule has 3 N–H and O–H groups in total. The van der Waals surface area contributed by atoms with Crippen molar-refractivity contribution in [1.29, 1.82) is 0 Å². The summed E-state index contributed by atoms with van der Waals surface area (Å²) >= 11 is -1.89. The maximum absolute atomic E-state index is 12.9. The summed E-state index contributed by atoms with van der Waals surface area (Å²) in [5.41, 5.74) is 8.52. The van der Waals surface area contributed by atoms with Crippen LogP contribution in [0.3, 0.4) is 0 Å². The molecule has 0 fully saturated rings. The minimum atomic E-state index is -1.89. The minimum Gasteiger partial charge on any atom is -0.478 e. The predicted molar refractivity (Wildman–Crippen MR) is 102 cm³/mol. The number of nitrogens with two attached hydrogens (primary N) is 1. The second-order valence-electron chi connectivity index (χ2n) is 6.71. The summed E-state index contributed by atoms with van der Waals surface area (Å²) in [5, 5.41) is 0. The largest absolute Gasteiger partial charge is 0.478 e. The van der Waals surface area contributed by atoms with Crippen LogP contribution in [0.1, 0.15) is 36.1 Å². The first kappa shape index (κ1) is 18.5. The molecule has 0 radical (unpaired) electrons. The van der Waals surface area contributed by atoms with Gasteiger partial charge in [-0.2, -0.15) is 0 Å². The van der Waals surface area contributed by atoms with Crippen LogP contribution < -0.4 is 5.73 Å². The van der Waals surface area contributed by atoms with Crippen LogP contribution in [-0.4, -0.2) is 20.1 Å². The smallest absolute Gasteiger partial charge is 0.210 e. The Kier molecular flexibility index (Phi) is 5.09. The summed E-state index contributed by atoms with van der Waals surface area (Å²) in [6.45, 7) is 3.94. The number of carbonyl (C=O) groups excluding carboxylic acids is 1. The molecular weight excluding hydrogens is 350 g/mol. The molecule has 1 unspecified atom stereocenters. The van der Waals surface area contributed by atoms with E-state index >= 15 is 0 Å². The van der Waals surface area contributed by atoms with Crippen LogP contribution in [0.2, 0.25) is 0 Å². The van der Waals surface area contributed by atoms with E-state index in [9.17, 15) is 9.00 Å². The van der Waals surface area contributed by atoms with Crippen molar-refractivity contribution in [3.8, 4) is 0 Å². The van der Waals surface area contributed by atoms with Gasteiger partial charge in [0.2, 0.25) is 5.78 Å². The lowest BCUT2D eigenvalue weighted by Gasteiger charge is -2.18. The molecule has 1 heterocycles. The van der Waals surface area contributed by atoms with Crippen molar-refractivity contribution in [2.75, 3.05) is 0 Å². The topological polar surface area (TPSA) is 89.6 Å². The van der Waals surface area contributed by atoms with Crippen LogP contribution in [-0.2, 0) is 32.9 Å². The zero-order valence-electron chi connectivity index (χ0n) is 14.7. The monoisotopic (exact) mass is 371 g/mol. The molecule has 1 aliphatic heterocycles. The Balaban J connectivity index is 2.05. The van der Waals surface area contributed by atoms with Crippen LogP contribution in [0.4, 0.5) is 0 Å². The third-order valence-electron chi connectivity index (χ3n) is 4.34. The van der Waals surface area contributed by atoms with Gasteiger partial charge in [-0.15, -0.1) is 0 Å². The third kappa shape index (κ3) is 3.62. The van der Waals surface area contributed by atoms with Crippen molar-refractivity contribution in [3.05, 3.63) is 70.8 Å². The second-order valence-corrected chi connectivity index (χ2v) is 7.64. The van der Waals surface area contributed by atoms with Gasteiger partial charge in [-0.25, -0.2) is 4.21 Å². The molecule has 1 aliphatic rings. The first-order valence-corrected chi connectivity index (χ1v) is 9.53. The van der Waals surface area contributed by atoms with Crippen molar-refractivity contribution in [3.63, 3.8) is 0 Å². The van der Waals surface area contributed by atoms with Crippen molar-refractivity contribution in [2.45, 2.75) is 31.7 Å². The van der Waals surface area contributed by atoms with E-state index < -0.39 is 16.7 Å². The molecular formula is C20H21NO4S. The zero-order chi connectivity index (χ0) is 18.9. The molecule has 0 bridgehead atoms. The third-order valence-corrected chi connectivity index (χ3v) is 4.92. The van der Waals surface area contributed by atoms with E-state index in [1.165, 1.54) is 0 Å². The Labute approximate surface area is 155 Å². The SMILES string of the molecule is CC1(C)OC(c2ccc(CS(=O)O)cc2)=C(c2ccc(CN)cc2)C1=O. The molecule has 0 amide bonds. The highest BCUT2D eigenvalue weighted by atomic mass is 32.2. The van der Waals surface area contributed by atoms with Crippen molar-refractivity contribution >= 4 is 28.2 Å². The lowest BCUT2D eigenvalue weighted by Crippen LogP contribution is -2.29. The molecule has 136 valence electrons. The standard InChI is InChI=1S/C20H21NO4S/c1-20(2)19(22)17(15-7-3-13(11-21)4-8-15)18(25-20)16-9-5-14(6-10-16)12-26(23)24/h3-10H,11-12,21H2,1-2H3,(H,23,24). The molecule has 0 saturated carbocycles. The van der Waals surface area contributed by atoms with Gasteiger partial charge in [0.15, 0.2) is 16.7 Å². The van der Waals surface area contributed by atoms with Crippen LogP contribution in [0, 0.1) is 0 Å². The highest BCUT2D eigenvalue weighted by Crippen LogP contribution is 2.41. The van der Waals surface area contributed by atoms with E-state index in [0.29, 0.717) is 17.9 Å². The zero-order valence-corrected chi connectivity index (χ0v) is 15.5. The van der Waals surface area contributed by atoms with Crippen LogP contribution >= 0.6 is 0 Å². The first-order valence-electron chi connectivity index (χ1n) is 8.26. The Morgan fingerprint density at radius 1 is 1.00 bits per heavy atom. The van der Waals surface area contributed by atoms with Gasteiger partial charge in [0.05, 0.1) is 11.3 Å². The minimum absolute atomic E-state index is 0.0675. The molecule has 6 heteroatoms. The highest BCUT2D eigenvalue weighted by molar-refractivity contribution is 7.78. The number of ketones is 1. The van der Waals surface area contributed by atoms with E-state index in [2.05, 4.69) is 0 Å². The summed E-state index contributed by atoms with van der Waals surface area (Å²) in [6.07, 6.45) is 0. The van der Waals surface area contributed by atoms with Gasteiger partial charge in [0.1, 0.15) is 5.76 Å². The molecule has 0 spiro atoms. The average molecular weight is 371 g/mol. The fourth-order valence-corrected chi connectivity index (χ4v) is 3.40. The van der Waals surface area contributed by atoms with E-state index in [4.69, 9.17) is 15.0 Å². The maximum atomic E-state index is 12.9.